The van der Waals surface area contributed by atoms with Crippen molar-refractivity contribution in [2.45, 2.75) is 31.2 Å². The van der Waals surface area contributed by atoms with Crippen LogP contribution >= 0.6 is 11.8 Å². The van der Waals surface area contributed by atoms with Crippen molar-refractivity contribution in [1.82, 2.24) is 4.90 Å². The van der Waals surface area contributed by atoms with E-state index in [1.54, 1.807) is 11.8 Å². The van der Waals surface area contributed by atoms with Gasteiger partial charge in [0.2, 0.25) is 5.91 Å². The zero-order valence-corrected chi connectivity index (χ0v) is 15.9. The standard InChI is InChI=1S/C21H25FN2OS/c1-2-26-20-8-4-3-7-19(20)23-21(25)17-6-5-13-24(15-17)14-16-9-11-18(22)12-10-16/h3-4,7-12,17H,2,5-6,13-15H2,1H3,(H,23,25)/t17-/m0/s1. The number of thioether (sulfide) groups is 1. The molecule has 0 aliphatic carbocycles. The van der Waals surface area contributed by atoms with Gasteiger partial charge < -0.3 is 5.32 Å². The molecule has 3 rings (SSSR count). The molecule has 0 unspecified atom stereocenters. The van der Waals surface area contributed by atoms with Crippen LogP contribution in [0.2, 0.25) is 0 Å². The molecule has 0 saturated carbocycles. The van der Waals surface area contributed by atoms with Crippen molar-refractivity contribution in [2.75, 3.05) is 24.2 Å². The zero-order valence-electron chi connectivity index (χ0n) is 15.1. The van der Waals surface area contributed by atoms with E-state index in [1.807, 2.05) is 36.4 Å². The number of likely N-dealkylation sites (tertiary alicyclic amines) is 1. The molecule has 0 bridgehead atoms. The highest BCUT2D eigenvalue weighted by atomic mass is 32.2. The monoisotopic (exact) mass is 372 g/mol. The number of amides is 1. The Kier molecular flexibility index (Phi) is 6.69. The largest absolute Gasteiger partial charge is 0.325 e. The normalized spacial score (nSPS) is 17.8. The Bertz CT molecular complexity index is 735. The van der Waals surface area contributed by atoms with E-state index in [-0.39, 0.29) is 17.6 Å². The van der Waals surface area contributed by atoms with Crippen molar-refractivity contribution < 1.29 is 9.18 Å². The van der Waals surface area contributed by atoms with Gasteiger partial charge in [-0.3, -0.25) is 9.69 Å². The van der Waals surface area contributed by atoms with Gasteiger partial charge in [-0.25, -0.2) is 4.39 Å². The first-order chi connectivity index (χ1) is 12.7. The number of carbonyl (C=O) groups is 1. The maximum absolute atomic E-state index is 13.1. The topological polar surface area (TPSA) is 32.3 Å². The number of para-hydroxylation sites is 1. The first-order valence-corrected chi connectivity index (χ1v) is 10.1. The fourth-order valence-electron chi connectivity index (χ4n) is 3.35. The molecule has 138 valence electrons. The van der Waals surface area contributed by atoms with Crippen molar-refractivity contribution in [1.29, 1.82) is 0 Å². The zero-order chi connectivity index (χ0) is 18.4. The van der Waals surface area contributed by atoms with Crippen LogP contribution in [0.5, 0.6) is 0 Å². The van der Waals surface area contributed by atoms with Gasteiger partial charge in [-0.05, 0) is 55.0 Å². The third-order valence-electron chi connectivity index (χ3n) is 4.64. The molecule has 1 N–H and O–H groups in total. The van der Waals surface area contributed by atoms with E-state index in [2.05, 4.69) is 17.1 Å². The SMILES string of the molecule is CCSc1ccccc1NC(=O)[C@H]1CCCN(Cc2ccc(F)cc2)C1. The molecule has 1 saturated heterocycles. The Morgan fingerprint density at radius 3 is 2.77 bits per heavy atom. The molecule has 1 heterocycles. The molecule has 2 aromatic carbocycles. The number of rotatable bonds is 6. The van der Waals surface area contributed by atoms with Crippen LogP contribution in [0.1, 0.15) is 25.3 Å². The van der Waals surface area contributed by atoms with Crippen LogP contribution in [0.4, 0.5) is 10.1 Å². The fraction of sp³-hybridized carbons (Fsp3) is 0.381. The first kappa shape index (κ1) is 18.9. The van der Waals surface area contributed by atoms with Crippen molar-refractivity contribution in [3.8, 4) is 0 Å². The highest BCUT2D eigenvalue weighted by molar-refractivity contribution is 7.99. The minimum atomic E-state index is -0.215. The summed E-state index contributed by atoms with van der Waals surface area (Å²) >= 11 is 1.74. The average Bonchev–Trinajstić information content (AvgIpc) is 2.66. The van der Waals surface area contributed by atoms with E-state index in [0.717, 1.165) is 54.4 Å². The smallest absolute Gasteiger partial charge is 0.228 e. The second kappa shape index (κ2) is 9.19. The molecule has 5 heteroatoms. The molecule has 0 spiro atoms. The lowest BCUT2D eigenvalue weighted by Gasteiger charge is -2.32. The van der Waals surface area contributed by atoms with Crippen molar-refractivity contribution in [3.63, 3.8) is 0 Å². The molecular formula is C21H25FN2OS. The highest BCUT2D eigenvalue weighted by Crippen LogP contribution is 2.28. The summed E-state index contributed by atoms with van der Waals surface area (Å²) in [5.74, 6) is 0.844. The van der Waals surface area contributed by atoms with Gasteiger partial charge in [0.15, 0.2) is 0 Å². The number of hydrogen-bond donors (Lipinski definition) is 1. The Morgan fingerprint density at radius 2 is 2.00 bits per heavy atom. The van der Waals surface area contributed by atoms with Gasteiger partial charge >= 0.3 is 0 Å². The summed E-state index contributed by atoms with van der Waals surface area (Å²) < 4.78 is 13.1. The molecular weight excluding hydrogens is 347 g/mol. The molecule has 1 aliphatic rings. The minimum absolute atomic E-state index is 0.0103. The van der Waals surface area contributed by atoms with Gasteiger partial charge in [0.25, 0.3) is 0 Å². The van der Waals surface area contributed by atoms with Crippen LogP contribution in [-0.4, -0.2) is 29.6 Å². The average molecular weight is 373 g/mol. The maximum Gasteiger partial charge on any atom is 0.228 e. The molecule has 3 nitrogen and oxygen atoms in total. The number of hydrogen-bond acceptors (Lipinski definition) is 3. The molecule has 1 atom stereocenters. The summed E-state index contributed by atoms with van der Waals surface area (Å²) in [6, 6.07) is 14.6. The molecule has 0 aromatic heterocycles. The number of carbonyl (C=O) groups excluding carboxylic acids is 1. The Balaban J connectivity index is 1.60. The Morgan fingerprint density at radius 1 is 1.23 bits per heavy atom. The van der Waals surface area contributed by atoms with Gasteiger partial charge in [0, 0.05) is 18.0 Å². The molecule has 1 fully saturated rings. The number of nitrogens with one attached hydrogen (secondary N) is 1. The van der Waals surface area contributed by atoms with E-state index in [0.29, 0.717) is 0 Å². The van der Waals surface area contributed by atoms with E-state index >= 15 is 0 Å². The third kappa shape index (κ3) is 5.08. The molecule has 26 heavy (non-hydrogen) atoms. The predicted molar refractivity (Wildman–Crippen MR) is 106 cm³/mol. The quantitative estimate of drug-likeness (QED) is 0.740. The minimum Gasteiger partial charge on any atom is -0.325 e. The first-order valence-electron chi connectivity index (χ1n) is 9.15. The lowest BCUT2D eigenvalue weighted by molar-refractivity contribution is -0.121. The predicted octanol–water partition coefficient (Wildman–Crippen LogP) is 4.79. The van der Waals surface area contributed by atoms with Gasteiger partial charge in [-0.1, -0.05) is 31.2 Å². The third-order valence-corrected chi connectivity index (χ3v) is 5.60. The van der Waals surface area contributed by atoms with Crippen LogP contribution < -0.4 is 5.32 Å². The number of nitrogens with zero attached hydrogens (tertiary/aromatic N) is 1. The molecule has 0 radical (unpaired) electrons. The lowest BCUT2D eigenvalue weighted by atomic mass is 9.96. The number of benzene rings is 2. The van der Waals surface area contributed by atoms with Gasteiger partial charge in [-0.15, -0.1) is 11.8 Å². The van der Waals surface area contributed by atoms with Gasteiger partial charge in [0.05, 0.1) is 11.6 Å². The highest BCUT2D eigenvalue weighted by Gasteiger charge is 2.26. The summed E-state index contributed by atoms with van der Waals surface area (Å²) in [6.07, 6.45) is 1.92. The van der Waals surface area contributed by atoms with Crippen LogP contribution in [0.3, 0.4) is 0 Å². The Labute approximate surface area is 159 Å². The van der Waals surface area contributed by atoms with E-state index in [1.165, 1.54) is 12.1 Å². The van der Waals surface area contributed by atoms with Gasteiger partial charge in [-0.2, -0.15) is 0 Å². The van der Waals surface area contributed by atoms with Crippen LogP contribution in [0.25, 0.3) is 0 Å². The van der Waals surface area contributed by atoms with Crippen LogP contribution in [-0.2, 0) is 11.3 Å². The maximum atomic E-state index is 13.1. The molecule has 1 aliphatic heterocycles. The second-order valence-electron chi connectivity index (χ2n) is 6.62. The van der Waals surface area contributed by atoms with E-state index in [4.69, 9.17) is 0 Å². The summed E-state index contributed by atoms with van der Waals surface area (Å²) in [7, 11) is 0. The summed E-state index contributed by atoms with van der Waals surface area (Å²) in [6.45, 7) is 4.58. The van der Waals surface area contributed by atoms with Crippen molar-refractivity contribution in [2.24, 2.45) is 5.92 Å². The van der Waals surface area contributed by atoms with Crippen molar-refractivity contribution in [3.05, 3.63) is 59.9 Å². The lowest BCUT2D eigenvalue weighted by Crippen LogP contribution is -2.40. The molecule has 2 aromatic rings. The number of piperidine rings is 1. The van der Waals surface area contributed by atoms with Crippen LogP contribution in [0, 0.1) is 11.7 Å². The van der Waals surface area contributed by atoms with Crippen molar-refractivity contribution >= 4 is 23.4 Å². The number of halogens is 1. The Hall–Kier alpha value is -1.85. The summed E-state index contributed by atoms with van der Waals surface area (Å²) in [5, 5.41) is 3.12. The number of anilines is 1. The van der Waals surface area contributed by atoms with E-state index < -0.39 is 0 Å². The summed E-state index contributed by atoms with van der Waals surface area (Å²) in [4.78, 5) is 16.2. The van der Waals surface area contributed by atoms with Crippen LogP contribution in [0.15, 0.2) is 53.4 Å². The molecule has 1 amide bonds. The van der Waals surface area contributed by atoms with E-state index in [9.17, 15) is 9.18 Å². The fourth-order valence-corrected chi connectivity index (χ4v) is 4.11. The summed E-state index contributed by atoms with van der Waals surface area (Å²) in [5.41, 5.74) is 1.98. The van der Waals surface area contributed by atoms with Gasteiger partial charge in [0.1, 0.15) is 5.82 Å². The second-order valence-corrected chi connectivity index (χ2v) is 7.93.